The van der Waals surface area contributed by atoms with Gasteiger partial charge in [-0.3, -0.25) is 0 Å². The number of benzene rings is 2. The van der Waals surface area contributed by atoms with E-state index in [1.165, 1.54) is 13.4 Å². The van der Waals surface area contributed by atoms with Crippen LogP contribution in [-0.4, -0.2) is 38.4 Å². The van der Waals surface area contributed by atoms with Crippen LogP contribution in [0.15, 0.2) is 36.7 Å². The van der Waals surface area contributed by atoms with Crippen molar-refractivity contribution in [3.8, 4) is 23.0 Å². The lowest BCUT2D eigenvalue weighted by Gasteiger charge is -2.17. The van der Waals surface area contributed by atoms with E-state index in [1.54, 1.807) is 51.7 Å². The first-order chi connectivity index (χ1) is 14.5. The van der Waals surface area contributed by atoms with E-state index < -0.39 is 0 Å². The molecule has 0 saturated heterocycles. The van der Waals surface area contributed by atoms with Gasteiger partial charge in [-0.15, -0.1) is 0 Å². The monoisotopic (exact) mass is 431 g/mol. The minimum absolute atomic E-state index is 0.296. The summed E-state index contributed by atoms with van der Waals surface area (Å²) in [6, 6.07) is 8.69. The number of halogens is 1. The molecule has 0 aliphatic rings. The van der Waals surface area contributed by atoms with Crippen molar-refractivity contribution in [1.29, 1.82) is 0 Å². The fourth-order valence-corrected chi connectivity index (χ4v) is 2.95. The second-order valence-corrected chi connectivity index (χ2v) is 6.40. The molecule has 0 bridgehead atoms. The molecule has 0 aliphatic heterocycles. The van der Waals surface area contributed by atoms with Crippen LogP contribution in [-0.2, 0) is 0 Å². The first kappa shape index (κ1) is 21.1. The standard InChI is InChI=1S/C20H22ClN5O4/c1-27-11-5-6-13(16(7-11)29-3)25-19-18(22)20(24-10-23-19)26-14-8-12(21)15(28-2)9-17(14)30-4/h5-10H,22H2,1-4H3,(H2,23,24,25,26). The number of nitrogens with one attached hydrogen (secondary N) is 2. The van der Waals surface area contributed by atoms with Gasteiger partial charge in [0.2, 0.25) is 0 Å². The molecular formula is C20H22ClN5O4. The van der Waals surface area contributed by atoms with Crippen LogP contribution in [0.3, 0.4) is 0 Å². The number of rotatable bonds is 8. The zero-order chi connectivity index (χ0) is 21.7. The Morgan fingerprint density at radius 2 is 1.37 bits per heavy atom. The fourth-order valence-electron chi connectivity index (χ4n) is 2.71. The van der Waals surface area contributed by atoms with Gasteiger partial charge in [-0.2, -0.15) is 0 Å². The van der Waals surface area contributed by atoms with Gasteiger partial charge >= 0.3 is 0 Å². The Bertz CT molecular complexity index is 1050. The second-order valence-electron chi connectivity index (χ2n) is 5.99. The van der Waals surface area contributed by atoms with Crippen LogP contribution < -0.4 is 35.3 Å². The van der Waals surface area contributed by atoms with Gasteiger partial charge in [-0.05, 0) is 18.2 Å². The van der Waals surface area contributed by atoms with Crippen molar-refractivity contribution in [2.75, 3.05) is 44.8 Å². The van der Waals surface area contributed by atoms with E-state index in [0.717, 1.165) is 0 Å². The van der Waals surface area contributed by atoms with E-state index in [4.69, 9.17) is 36.3 Å². The Morgan fingerprint density at radius 3 is 1.97 bits per heavy atom. The van der Waals surface area contributed by atoms with Crippen LogP contribution in [0.4, 0.5) is 28.7 Å². The average molecular weight is 432 g/mol. The third kappa shape index (κ3) is 4.36. The smallest absolute Gasteiger partial charge is 0.159 e. The van der Waals surface area contributed by atoms with Gasteiger partial charge in [0.1, 0.15) is 35.0 Å². The van der Waals surface area contributed by atoms with E-state index in [1.807, 2.05) is 0 Å². The number of aromatic nitrogens is 2. The maximum atomic E-state index is 6.30. The van der Waals surface area contributed by atoms with Crippen LogP contribution >= 0.6 is 11.6 Å². The Kier molecular flexibility index (Phi) is 6.53. The number of hydrogen-bond donors (Lipinski definition) is 3. The molecule has 30 heavy (non-hydrogen) atoms. The molecule has 9 nitrogen and oxygen atoms in total. The van der Waals surface area contributed by atoms with E-state index in [-0.39, 0.29) is 0 Å². The van der Waals surface area contributed by atoms with Gasteiger partial charge in [-0.25, -0.2) is 9.97 Å². The largest absolute Gasteiger partial charge is 0.497 e. The van der Waals surface area contributed by atoms with E-state index in [2.05, 4.69) is 20.6 Å². The quantitative estimate of drug-likeness (QED) is 0.482. The number of methoxy groups -OCH3 is 4. The molecule has 4 N–H and O–H groups in total. The SMILES string of the molecule is COc1ccc(Nc2ncnc(Nc3cc(Cl)c(OC)cc3OC)c2N)c(OC)c1. The molecular weight excluding hydrogens is 410 g/mol. The lowest BCUT2D eigenvalue weighted by atomic mass is 10.2. The molecule has 0 aliphatic carbocycles. The van der Waals surface area contributed by atoms with Crippen molar-refractivity contribution in [2.24, 2.45) is 0 Å². The molecule has 0 atom stereocenters. The summed E-state index contributed by atoms with van der Waals surface area (Å²) in [5, 5.41) is 6.69. The highest BCUT2D eigenvalue weighted by Gasteiger charge is 2.15. The van der Waals surface area contributed by atoms with Crippen LogP contribution in [0.25, 0.3) is 0 Å². The van der Waals surface area contributed by atoms with Crippen molar-refractivity contribution in [3.63, 3.8) is 0 Å². The summed E-state index contributed by atoms with van der Waals surface area (Å²) in [5.74, 6) is 3.02. The third-order valence-corrected chi connectivity index (χ3v) is 4.57. The van der Waals surface area contributed by atoms with Gasteiger partial charge in [0.25, 0.3) is 0 Å². The predicted octanol–water partition coefficient (Wildman–Crippen LogP) is 4.23. The van der Waals surface area contributed by atoms with Gasteiger partial charge in [0.15, 0.2) is 11.6 Å². The molecule has 0 spiro atoms. The molecule has 158 valence electrons. The first-order valence-corrected chi connectivity index (χ1v) is 9.16. The van der Waals surface area contributed by atoms with Crippen LogP contribution in [0.1, 0.15) is 0 Å². The van der Waals surface area contributed by atoms with Crippen molar-refractivity contribution < 1.29 is 18.9 Å². The summed E-state index contributed by atoms with van der Waals surface area (Å²) < 4.78 is 21.2. The van der Waals surface area contributed by atoms with Gasteiger partial charge in [-0.1, -0.05) is 11.6 Å². The van der Waals surface area contributed by atoms with Crippen LogP contribution in [0, 0.1) is 0 Å². The molecule has 10 heteroatoms. The Balaban J connectivity index is 1.92. The summed E-state index contributed by atoms with van der Waals surface area (Å²) in [7, 11) is 6.22. The lowest BCUT2D eigenvalue weighted by Crippen LogP contribution is -2.06. The number of hydrogen-bond acceptors (Lipinski definition) is 9. The van der Waals surface area contributed by atoms with Crippen molar-refractivity contribution in [2.45, 2.75) is 0 Å². The lowest BCUT2D eigenvalue weighted by molar-refractivity contribution is 0.395. The summed E-state index contributed by atoms with van der Waals surface area (Å²) >= 11 is 6.24. The Morgan fingerprint density at radius 1 is 0.767 bits per heavy atom. The highest BCUT2D eigenvalue weighted by atomic mass is 35.5. The highest BCUT2D eigenvalue weighted by Crippen LogP contribution is 2.39. The van der Waals surface area contributed by atoms with Crippen molar-refractivity contribution >= 4 is 40.3 Å². The normalized spacial score (nSPS) is 10.3. The molecule has 0 radical (unpaired) electrons. The van der Waals surface area contributed by atoms with Crippen molar-refractivity contribution in [1.82, 2.24) is 9.97 Å². The number of anilines is 5. The first-order valence-electron chi connectivity index (χ1n) is 8.78. The number of nitrogen functional groups attached to an aromatic ring is 1. The molecule has 1 heterocycles. The minimum atomic E-state index is 0.296. The molecule has 0 saturated carbocycles. The van der Waals surface area contributed by atoms with Gasteiger partial charge in [0.05, 0.1) is 44.8 Å². The predicted molar refractivity (Wildman–Crippen MR) is 117 cm³/mol. The van der Waals surface area contributed by atoms with Crippen molar-refractivity contribution in [3.05, 3.63) is 41.7 Å². The zero-order valence-corrected chi connectivity index (χ0v) is 17.7. The second kappa shape index (κ2) is 9.27. The molecule has 1 aromatic heterocycles. The maximum absolute atomic E-state index is 6.30. The highest BCUT2D eigenvalue weighted by molar-refractivity contribution is 6.32. The van der Waals surface area contributed by atoms with E-state index >= 15 is 0 Å². The number of nitrogens with zero attached hydrogens (tertiary/aromatic N) is 2. The van der Waals surface area contributed by atoms with Gasteiger partial charge in [0, 0.05) is 12.1 Å². The van der Waals surface area contributed by atoms with Crippen LogP contribution in [0.5, 0.6) is 23.0 Å². The average Bonchev–Trinajstić information content (AvgIpc) is 2.76. The van der Waals surface area contributed by atoms with Crippen LogP contribution in [0.2, 0.25) is 5.02 Å². The zero-order valence-electron chi connectivity index (χ0n) is 16.9. The number of ether oxygens (including phenoxy) is 4. The Hall–Kier alpha value is -3.59. The molecule has 3 rings (SSSR count). The topological polar surface area (TPSA) is 113 Å². The third-order valence-electron chi connectivity index (χ3n) is 4.27. The molecule has 2 aromatic carbocycles. The molecule has 0 unspecified atom stereocenters. The summed E-state index contributed by atoms with van der Waals surface area (Å²) in [5.41, 5.74) is 7.83. The number of nitrogens with two attached hydrogens (primary N) is 1. The summed E-state index contributed by atoms with van der Waals surface area (Å²) in [6.45, 7) is 0. The Labute approximate surface area is 179 Å². The molecule has 3 aromatic rings. The molecule has 0 amide bonds. The maximum Gasteiger partial charge on any atom is 0.159 e. The fraction of sp³-hybridized carbons (Fsp3) is 0.200. The van der Waals surface area contributed by atoms with E-state index in [0.29, 0.717) is 56.7 Å². The minimum Gasteiger partial charge on any atom is -0.497 e. The van der Waals surface area contributed by atoms with Gasteiger partial charge < -0.3 is 35.3 Å². The summed E-state index contributed by atoms with van der Waals surface area (Å²) in [6.07, 6.45) is 1.38. The van der Waals surface area contributed by atoms with E-state index in [9.17, 15) is 0 Å². The molecule has 0 fully saturated rings. The summed E-state index contributed by atoms with van der Waals surface area (Å²) in [4.78, 5) is 8.46.